The van der Waals surface area contributed by atoms with Crippen molar-refractivity contribution in [1.29, 1.82) is 0 Å². The summed E-state index contributed by atoms with van der Waals surface area (Å²) in [5.41, 5.74) is -2.08. The first kappa shape index (κ1) is 10.9. The van der Waals surface area contributed by atoms with E-state index >= 15 is 0 Å². The standard InChI is InChI=1S/C9H13N3O4/c13-7-10-8(14)12(9(15)11-7)4-2-1-3-6-5-16-6/h6H,1-5H2,(H2,10,11,13,14,15). The molecule has 2 heterocycles. The molecular formula is C9H13N3O4. The Morgan fingerprint density at radius 1 is 1.19 bits per heavy atom. The van der Waals surface area contributed by atoms with Gasteiger partial charge in [0.2, 0.25) is 0 Å². The molecule has 1 aliphatic heterocycles. The van der Waals surface area contributed by atoms with E-state index in [1.54, 1.807) is 0 Å². The number of aromatic nitrogens is 3. The fourth-order valence-corrected chi connectivity index (χ4v) is 1.53. The van der Waals surface area contributed by atoms with Crippen LogP contribution in [0.1, 0.15) is 19.3 Å². The van der Waals surface area contributed by atoms with Crippen LogP contribution in [0.15, 0.2) is 14.4 Å². The molecule has 0 saturated carbocycles. The number of aromatic amines is 2. The number of ether oxygens (including phenoxy) is 1. The normalized spacial score (nSPS) is 18.6. The minimum atomic E-state index is -0.766. The highest BCUT2D eigenvalue weighted by Crippen LogP contribution is 2.16. The number of hydrogen-bond donors (Lipinski definition) is 2. The van der Waals surface area contributed by atoms with Crippen molar-refractivity contribution >= 4 is 0 Å². The van der Waals surface area contributed by atoms with Crippen molar-refractivity contribution in [2.75, 3.05) is 6.61 Å². The van der Waals surface area contributed by atoms with Crippen molar-refractivity contribution < 1.29 is 4.74 Å². The second-order valence-corrected chi connectivity index (χ2v) is 3.79. The van der Waals surface area contributed by atoms with Gasteiger partial charge in [-0.25, -0.2) is 19.0 Å². The van der Waals surface area contributed by atoms with Crippen molar-refractivity contribution in [2.45, 2.75) is 31.9 Å². The average Bonchev–Trinajstić information content (AvgIpc) is 2.98. The molecule has 0 radical (unpaired) electrons. The zero-order valence-electron chi connectivity index (χ0n) is 8.69. The predicted octanol–water partition coefficient (Wildman–Crippen LogP) is -1.21. The molecule has 1 aromatic heterocycles. The number of rotatable bonds is 5. The van der Waals surface area contributed by atoms with Crippen LogP contribution in [0.3, 0.4) is 0 Å². The molecule has 0 spiro atoms. The summed E-state index contributed by atoms with van der Waals surface area (Å²) < 4.78 is 6.04. The van der Waals surface area contributed by atoms with Gasteiger partial charge in [0.15, 0.2) is 0 Å². The number of H-pyrrole nitrogens is 2. The SMILES string of the molecule is O=c1[nH]c(=O)n(CCCCC2CO2)c(=O)[nH]1. The van der Waals surface area contributed by atoms with Crippen LogP contribution in [0.25, 0.3) is 0 Å². The fourth-order valence-electron chi connectivity index (χ4n) is 1.53. The Bertz CT molecular complexity index is 488. The van der Waals surface area contributed by atoms with Gasteiger partial charge in [-0.1, -0.05) is 0 Å². The number of epoxide rings is 1. The van der Waals surface area contributed by atoms with Crippen molar-refractivity contribution in [1.82, 2.24) is 14.5 Å². The van der Waals surface area contributed by atoms with Gasteiger partial charge in [-0.05, 0) is 19.3 Å². The van der Waals surface area contributed by atoms with E-state index < -0.39 is 17.1 Å². The summed E-state index contributed by atoms with van der Waals surface area (Å²) in [6.07, 6.45) is 2.94. The third-order valence-corrected chi connectivity index (χ3v) is 2.49. The zero-order chi connectivity index (χ0) is 11.5. The fraction of sp³-hybridized carbons (Fsp3) is 0.667. The average molecular weight is 227 g/mol. The van der Waals surface area contributed by atoms with Gasteiger partial charge in [0.05, 0.1) is 12.7 Å². The monoisotopic (exact) mass is 227 g/mol. The number of hydrogen-bond acceptors (Lipinski definition) is 4. The lowest BCUT2D eigenvalue weighted by Crippen LogP contribution is -2.43. The second kappa shape index (κ2) is 4.48. The molecule has 0 amide bonds. The number of nitrogens with one attached hydrogen (secondary N) is 2. The van der Waals surface area contributed by atoms with Gasteiger partial charge in [0.1, 0.15) is 0 Å². The smallest absolute Gasteiger partial charge is 0.333 e. The topological polar surface area (TPSA) is 100 Å². The van der Waals surface area contributed by atoms with E-state index in [0.29, 0.717) is 12.6 Å². The lowest BCUT2D eigenvalue weighted by molar-refractivity contribution is 0.385. The molecule has 1 fully saturated rings. The quantitative estimate of drug-likeness (QED) is 0.487. The molecule has 7 heteroatoms. The van der Waals surface area contributed by atoms with Crippen LogP contribution in [0, 0.1) is 0 Å². The highest BCUT2D eigenvalue weighted by atomic mass is 16.6. The van der Waals surface area contributed by atoms with Gasteiger partial charge < -0.3 is 4.74 Å². The Morgan fingerprint density at radius 2 is 1.81 bits per heavy atom. The Balaban J connectivity index is 1.95. The van der Waals surface area contributed by atoms with Crippen LogP contribution in [0.2, 0.25) is 0 Å². The Kier molecular flexibility index (Phi) is 3.04. The maximum absolute atomic E-state index is 11.3. The van der Waals surface area contributed by atoms with Gasteiger partial charge in [0.25, 0.3) is 0 Å². The number of unbranched alkanes of at least 4 members (excludes halogenated alkanes) is 1. The van der Waals surface area contributed by atoms with Crippen LogP contribution < -0.4 is 17.1 Å². The Morgan fingerprint density at radius 3 is 2.38 bits per heavy atom. The molecule has 1 aromatic rings. The molecule has 1 saturated heterocycles. The van der Waals surface area contributed by atoms with Crippen LogP contribution in [0.4, 0.5) is 0 Å². The summed E-state index contributed by atoms with van der Waals surface area (Å²) >= 11 is 0. The van der Waals surface area contributed by atoms with E-state index in [0.717, 1.165) is 30.4 Å². The summed E-state index contributed by atoms with van der Waals surface area (Å²) in [7, 11) is 0. The highest BCUT2D eigenvalue weighted by Gasteiger charge is 2.21. The van der Waals surface area contributed by atoms with Crippen LogP contribution in [0.5, 0.6) is 0 Å². The first-order chi connectivity index (χ1) is 7.66. The second-order valence-electron chi connectivity index (χ2n) is 3.79. The van der Waals surface area contributed by atoms with Crippen molar-refractivity contribution in [3.05, 3.63) is 31.5 Å². The third kappa shape index (κ3) is 2.69. The lowest BCUT2D eigenvalue weighted by Gasteiger charge is -2.01. The van der Waals surface area contributed by atoms with Crippen LogP contribution >= 0.6 is 0 Å². The van der Waals surface area contributed by atoms with E-state index in [4.69, 9.17) is 4.74 Å². The minimum absolute atomic E-state index is 0.317. The lowest BCUT2D eigenvalue weighted by atomic mass is 10.2. The molecule has 1 aliphatic rings. The predicted molar refractivity (Wildman–Crippen MR) is 55.5 cm³/mol. The summed E-state index contributed by atoms with van der Waals surface area (Å²) in [6, 6.07) is 0. The van der Waals surface area contributed by atoms with Gasteiger partial charge >= 0.3 is 17.1 Å². The van der Waals surface area contributed by atoms with Crippen molar-refractivity contribution in [3.8, 4) is 0 Å². The molecule has 2 rings (SSSR count). The van der Waals surface area contributed by atoms with Crippen LogP contribution in [-0.2, 0) is 11.3 Å². The molecular weight excluding hydrogens is 214 g/mol. The van der Waals surface area contributed by atoms with Crippen molar-refractivity contribution in [2.24, 2.45) is 0 Å². The minimum Gasteiger partial charge on any atom is -0.373 e. The molecule has 0 aromatic carbocycles. The molecule has 1 atom stereocenters. The van der Waals surface area contributed by atoms with E-state index in [-0.39, 0.29) is 0 Å². The van der Waals surface area contributed by atoms with Gasteiger partial charge in [-0.2, -0.15) is 0 Å². The molecule has 0 aliphatic carbocycles. The largest absolute Gasteiger partial charge is 0.373 e. The molecule has 88 valence electrons. The molecule has 1 unspecified atom stereocenters. The third-order valence-electron chi connectivity index (χ3n) is 2.49. The van der Waals surface area contributed by atoms with E-state index in [1.165, 1.54) is 0 Å². The van der Waals surface area contributed by atoms with Gasteiger partial charge in [-0.15, -0.1) is 0 Å². The van der Waals surface area contributed by atoms with Crippen molar-refractivity contribution in [3.63, 3.8) is 0 Å². The van der Waals surface area contributed by atoms with E-state index in [9.17, 15) is 14.4 Å². The molecule has 2 N–H and O–H groups in total. The van der Waals surface area contributed by atoms with E-state index in [2.05, 4.69) is 0 Å². The highest BCUT2D eigenvalue weighted by molar-refractivity contribution is 4.71. The zero-order valence-corrected chi connectivity index (χ0v) is 8.69. The maximum atomic E-state index is 11.3. The number of nitrogens with zero attached hydrogens (tertiary/aromatic N) is 1. The van der Waals surface area contributed by atoms with Crippen LogP contribution in [-0.4, -0.2) is 27.2 Å². The summed E-state index contributed by atoms with van der Waals surface area (Å²) in [5, 5.41) is 0. The summed E-state index contributed by atoms with van der Waals surface area (Å²) in [4.78, 5) is 37.3. The summed E-state index contributed by atoms with van der Waals surface area (Å²) in [6.45, 7) is 1.14. The van der Waals surface area contributed by atoms with Gasteiger partial charge in [0, 0.05) is 6.54 Å². The Labute approximate surface area is 90.1 Å². The van der Waals surface area contributed by atoms with E-state index in [1.807, 2.05) is 9.97 Å². The summed E-state index contributed by atoms with van der Waals surface area (Å²) in [5.74, 6) is 0. The molecule has 7 nitrogen and oxygen atoms in total. The Hall–Kier alpha value is -1.63. The maximum Gasteiger partial charge on any atom is 0.333 e. The van der Waals surface area contributed by atoms with Gasteiger partial charge in [-0.3, -0.25) is 9.97 Å². The first-order valence-corrected chi connectivity index (χ1v) is 5.22. The first-order valence-electron chi connectivity index (χ1n) is 5.22. The molecule has 0 bridgehead atoms. The molecule has 16 heavy (non-hydrogen) atoms.